The molecule has 1 aromatic rings. The summed E-state index contributed by atoms with van der Waals surface area (Å²) in [5.74, 6) is -0.200. The van der Waals surface area contributed by atoms with Crippen LogP contribution in [-0.4, -0.2) is 25.6 Å². The third-order valence-corrected chi connectivity index (χ3v) is 3.63. The molecule has 0 spiro atoms. The quantitative estimate of drug-likeness (QED) is 0.872. The minimum Gasteiger partial charge on any atom is -0.406 e. The van der Waals surface area contributed by atoms with Crippen molar-refractivity contribution in [1.29, 1.82) is 0 Å². The molecule has 2 rings (SSSR count). The number of halogens is 3. The molecule has 0 atom stereocenters. The predicted molar refractivity (Wildman–Crippen MR) is 68.4 cm³/mol. The van der Waals surface area contributed by atoms with E-state index in [2.05, 4.69) is 10.1 Å². The summed E-state index contributed by atoms with van der Waals surface area (Å²) >= 11 is 0. The van der Waals surface area contributed by atoms with E-state index in [-0.39, 0.29) is 11.4 Å². The van der Waals surface area contributed by atoms with Gasteiger partial charge in [0, 0.05) is 20.2 Å². The molecule has 0 amide bonds. The Morgan fingerprint density at radius 3 is 2.30 bits per heavy atom. The number of nitrogens with one attached hydrogen (secondary N) is 1. The Labute approximate surface area is 116 Å². The second kappa shape index (κ2) is 6.01. The lowest BCUT2D eigenvalue weighted by Crippen LogP contribution is -2.47. The number of alkyl halides is 3. The summed E-state index contributed by atoms with van der Waals surface area (Å²) in [7, 11) is 1.71. The van der Waals surface area contributed by atoms with Crippen LogP contribution in [0.3, 0.4) is 0 Å². The van der Waals surface area contributed by atoms with Gasteiger partial charge in [-0.2, -0.15) is 0 Å². The van der Waals surface area contributed by atoms with Gasteiger partial charge in [0.1, 0.15) is 5.75 Å². The highest BCUT2D eigenvalue weighted by Crippen LogP contribution is 2.34. The van der Waals surface area contributed by atoms with E-state index in [4.69, 9.17) is 4.74 Å². The maximum Gasteiger partial charge on any atom is 0.573 e. The maximum atomic E-state index is 12.0. The molecule has 1 aromatic carbocycles. The number of ether oxygens (including phenoxy) is 2. The molecule has 0 radical (unpaired) electrons. The van der Waals surface area contributed by atoms with Gasteiger partial charge in [-0.1, -0.05) is 12.1 Å². The predicted octanol–water partition coefficient (Wildman–Crippen LogP) is 3.24. The van der Waals surface area contributed by atoms with Gasteiger partial charge in [0.2, 0.25) is 0 Å². The Kier molecular flexibility index (Phi) is 4.55. The molecule has 0 aliphatic heterocycles. The summed E-state index contributed by atoms with van der Waals surface area (Å²) in [4.78, 5) is 0. The first kappa shape index (κ1) is 15.1. The average molecular weight is 289 g/mol. The molecule has 1 aliphatic rings. The van der Waals surface area contributed by atoms with E-state index < -0.39 is 6.36 Å². The standard InChI is InChI=1S/C14H18F3NO2/c1-19-13(7-2-8-13)10-18-9-11-3-5-12(6-4-11)20-14(15,16)17/h3-6,18H,2,7-10H2,1H3. The molecular formula is C14H18F3NO2. The summed E-state index contributed by atoms with van der Waals surface area (Å²) in [5, 5.41) is 3.28. The Morgan fingerprint density at radius 1 is 1.20 bits per heavy atom. The fourth-order valence-corrected chi connectivity index (χ4v) is 2.27. The molecule has 112 valence electrons. The van der Waals surface area contributed by atoms with Crippen LogP contribution in [0.1, 0.15) is 24.8 Å². The van der Waals surface area contributed by atoms with Crippen molar-refractivity contribution in [3.63, 3.8) is 0 Å². The lowest BCUT2D eigenvalue weighted by Gasteiger charge is -2.40. The van der Waals surface area contributed by atoms with E-state index in [0.29, 0.717) is 6.54 Å². The Bertz CT molecular complexity index is 422. The molecule has 3 nitrogen and oxygen atoms in total. The molecule has 0 aromatic heterocycles. The first-order valence-electron chi connectivity index (χ1n) is 6.53. The summed E-state index contributed by atoms with van der Waals surface area (Å²) in [6.07, 6.45) is -1.36. The highest BCUT2D eigenvalue weighted by atomic mass is 19.4. The molecule has 0 heterocycles. The lowest BCUT2D eigenvalue weighted by molar-refractivity contribution is -0.274. The molecule has 20 heavy (non-hydrogen) atoms. The van der Waals surface area contributed by atoms with E-state index in [1.165, 1.54) is 18.6 Å². The third-order valence-electron chi connectivity index (χ3n) is 3.63. The van der Waals surface area contributed by atoms with Gasteiger partial charge in [0.05, 0.1) is 5.60 Å². The Morgan fingerprint density at radius 2 is 1.85 bits per heavy atom. The number of benzene rings is 1. The van der Waals surface area contributed by atoms with E-state index >= 15 is 0 Å². The van der Waals surface area contributed by atoms with E-state index in [1.54, 1.807) is 19.2 Å². The molecule has 1 N–H and O–H groups in total. The van der Waals surface area contributed by atoms with Crippen LogP contribution in [0.15, 0.2) is 24.3 Å². The van der Waals surface area contributed by atoms with Crippen molar-refractivity contribution < 1.29 is 22.6 Å². The summed E-state index contributed by atoms with van der Waals surface area (Å²) in [6.45, 7) is 1.35. The molecule has 1 aliphatic carbocycles. The van der Waals surface area contributed by atoms with Crippen molar-refractivity contribution in [3.05, 3.63) is 29.8 Å². The number of hydrogen-bond acceptors (Lipinski definition) is 3. The van der Waals surface area contributed by atoms with Crippen LogP contribution in [0.25, 0.3) is 0 Å². The first-order valence-corrected chi connectivity index (χ1v) is 6.53. The zero-order valence-electron chi connectivity index (χ0n) is 11.3. The molecule has 1 fully saturated rings. The van der Waals surface area contributed by atoms with E-state index in [0.717, 1.165) is 24.9 Å². The first-order chi connectivity index (χ1) is 9.42. The number of methoxy groups -OCH3 is 1. The normalized spacial score (nSPS) is 17.6. The minimum absolute atomic E-state index is 0.0562. The summed E-state index contributed by atoms with van der Waals surface area (Å²) in [6, 6.07) is 5.88. The third kappa shape index (κ3) is 4.11. The Balaban J connectivity index is 1.79. The monoisotopic (exact) mass is 289 g/mol. The smallest absolute Gasteiger partial charge is 0.406 e. The van der Waals surface area contributed by atoms with Crippen molar-refractivity contribution in [2.24, 2.45) is 0 Å². The minimum atomic E-state index is -4.64. The van der Waals surface area contributed by atoms with E-state index in [1.807, 2.05) is 0 Å². The van der Waals surface area contributed by atoms with Crippen molar-refractivity contribution in [1.82, 2.24) is 5.32 Å². The lowest BCUT2D eigenvalue weighted by atomic mass is 9.80. The van der Waals surface area contributed by atoms with Gasteiger partial charge in [-0.25, -0.2) is 0 Å². The molecule has 6 heteroatoms. The van der Waals surface area contributed by atoms with Crippen LogP contribution in [0.5, 0.6) is 5.75 Å². The summed E-state index contributed by atoms with van der Waals surface area (Å²) in [5.41, 5.74) is 0.851. The van der Waals surface area contributed by atoms with Crippen molar-refractivity contribution in [3.8, 4) is 5.75 Å². The zero-order valence-corrected chi connectivity index (χ0v) is 11.3. The Hall–Kier alpha value is -1.27. The average Bonchev–Trinajstić information content (AvgIpc) is 2.33. The molecular weight excluding hydrogens is 271 g/mol. The number of hydrogen-bond donors (Lipinski definition) is 1. The van der Waals surface area contributed by atoms with Crippen LogP contribution in [0.2, 0.25) is 0 Å². The molecule has 1 saturated carbocycles. The molecule has 0 bridgehead atoms. The second-order valence-electron chi connectivity index (χ2n) is 5.04. The molecule has 0 saturated heterocycles. The van der Waals surface area contributed by atoms with Crippen molar-refractivity contribution in [2.75, 3.05) is 13.7 Å². The van der Waals surface area contributed by atoms with E-state index in [9.17, 15) is 13.2 Å². The van der Waals surface area contributed by atoms with Gasteiger partial charge in [-0.15, -0.1) is 13.2 Å². The van der Waals surface area contributed by atoms with Gasteiger partial charge < -0.3 is 14.8 Å². The van der Waals surface area contributed by atoms with Crippen LogP contribution in [0, 0.1) is 0 Å². The number of rotatable bonds is 6. The SMILES string of the molecule is COC1(CNCc2ccc(OC(F)(F)F)cc2)CCC1. The second-order valence-corrected chi connectivity index (χ2v) is 5.04. The van der Waals surface area contributed by atoms with Crippen LogP contribution in [0.4, 0.5) is 13.2 Å². The van der Waals surface area contributed by atoms with Gasteiger partial charge >= 0.3 is 6.36 Å². The van der Waals surface area contributed by atoms with Gasteiger partial charge in [-0.05, 0) is 37.0 Å². The fraction of sp³-hybridized carbons (Fsp3) is 0.571. The fourth-order valence-electron chi connectivity index (χ4n) is 2.27. The highest BCUT2D eigenvalue weighted by molar-refractivity contribution is 5.27. The van der Waals surface area contributed by atoms with Crippen molar-refractivity contribution in [2.45, 2.75) is 37.8 Å². The van der Waals surface area contributed by atoms with Crippen LogP contribution < -0.4 is 10.1 Å². The van der Waals surface area contributed by atoms with Crippen molar-refractivity contribution >= 4 is 0 Å². The van der Waals surface area contributed by atoms with Gasteiger partial charge in [-0.3, -0.25) is 0 Å². The van der Waals surface area contributed by atoms with Crippen LogP contribution in [-0.2, 0) is 11.3 Å². The van der Waals surface area contributed by atoms with Crippen LogP contribution >= 0.6 is 0 Å². The highest BCUT2D eigenvalue weighted by Gasteiger charge is 2.36. The largest absolute Gasteiger partial charge is 0.573 e. The zero-order chi connectivity index (χ0) is 14.6. The topological polar surface area (TPSA) is 30.5 Å². The van der Waals surface area contributed by atoms with Gasteiger partial charge in [0.25, 0.3) is 0 Å². The maximum absolute atomic E-state index is 12.0. The molecule has 0 unspecified atom stereocenters. The van der Waals surface area contributed by atoms with Gasteiger partial charge in [0.15, 0.2) is 0 Å². The summed E-state index contributed by atoms with van der Waals surface area (Å²) < 4.78 is 45.3.